The van der Waals surface area contributed by atoms with Gasteiger partial charge in [0.1, 0.15) is 17.7 Å². The average Bonchev–Trinajstić information content (AvgIpc) is 2.75. The van der Waals surface area contributed by atoms with Gasteiger partial charge in [-0.05, 0) is 18.2 Å². The lowest BCUT2D eigenvalue weighted by molar-refractivity contribution is 0.913. The molecule has 0 atom stereocenters. The maximum atomic E-state index is 4.32. The van der Waals surface area contributed by atoms with Gasteiger partial charge in [-0.15, -0.1) is 0 Å². The van der Waals surface area contributed by atoms with Crippen LogP contribution in [0.25, 0.3) is 22.3 Å². The normalized spacial score (nSPS) is 10.9. The molecule has 0 aliphatic heterocycles. The van der Waals surface area contributed by atoms with Crippen molar-refractivity contribution in [2.45, 2.75) is 0 Å². The molecule has 0 aliphatic rings. The molecule has 1 aromatic carbocycles. The smallest absolute Gasteiger partial charge is 0.116 e. The molecule has 5 heteroatoms. The molecule has 2 aromatic heterocycles. The molecule has 0 amide bonds. The summed E-state index contributed by atoms with van der Waals surface area (Å²) in [5, 5.41) is 1.00. The first kappa shape index (κ1) is 10.4. The van der Waals surface area contributed by atoms with Crippen LogP contribution in [0.15, 0.2) is 41.5 Å². The van der Waals surface area contributed by atoms with E-state index in [4.69, 9.17) is 0 Å². The zero-order valence-electron chi connectivity index (χ0n) is 9.13. The third-order valence-electron chi connectivity index (χ3n) is 2.54. The highest BCUT2D eigenvalue weighted by molar-refractivity contribution is 9.10. The molecule has 0 radical (unpaired) electrons. The van der Waals surface area contributed by atoms with Gasteiger partial charge in [-0.3, -0.25) is 0 Å². The Morgan fingerprint density at radius 1 is 1.18 bits per heavy atom. The van der Waals surface area contributed by atoms with E-state index in [0.29, 0.717) is 0 Å². The van der Waals surface area contributed by atoms with E-state index in [1.165, 1.54) is 0 Å². The third-order valence-corrected chi connectivity index (χ3v) is 3.04. The molecule has 0 N–H and O–H groups in total. The molecule has 3 rings (SSSR count). The summed E-state index contributed by atoms with van der Waals surface area (Å²) in [6.45, 7) is 0. The van der Waals surface area contributed by atoms with Gasteiger partial charge in [0.15, 0.2) is 0 Å². The molecular weight excluding hydrogens is 280 g/mol. The molecule has 0 saturated carbocycles. The predicted octanol–water partition coefficient (Wildman–Crippen LogP) is 2.79. The first-order chi connectivity index (χ1) is 8.24. The molecule has 17 heavy (non-hydrogen) atoms. The molecule has 0 spiro atoms. The Balaban J connectivity index is 2.32. The van der Waals surface area contributed by atoms with Crippen molar-refractivity contribution in [1.82, 2.24) is 19.5 Å². The van der Waals surface area contributed by atoms with Gasteiger partial charge in [0.2, 0.25) is 0 Å². The van der Waals surface area contributed by atoms with E-state index in [2.05, 4.69) is 30.9 Å². The number of fused-ring (bicyclic) bond motifs is 1. The molecule has 4 nitrogen and oxygen atoms in total. The topological polar surface area (TPSA) is 43.6 Å². The van der Waals surface area contributed by atoms with Crippen LogP contribution in [0.5, 0.6) is 0 Å². The van der Waals surface area contributed by atoms with E-state index >= 15 is 0 Å². The molecule has 0 bridgehead atoms. The van der Waals surface area contributed by atoms with Crippen molar-refractivity contribution in [3.8, 4) is 11.4 Å². The minimum Gasteiger partial charge on any atom is -0.340 e. The van der Waals surface area contributed by atoms with Crippen LogP contribution in [-0.4, -0.2) is 19.5 Å². The number of imidazole rings is 1. The zero-order valence-corrected chi connectivity index (χ0v) is 10.7. The molecule has 0 aliphatic carbocycles. The van der Waals surface area contributed by atoms with Gasteiger partial charge in [0, 0.05) is 23.1 Å². The van der Waals surface area contributed by atoms with Gasteiger partial charge in [-0.2, -0.15) is 0 Å². The fourth-order valence-corrected chi connectivity index (χ4v) is 2.13. The van der Waals surface area contributed by atoms with E-state index < -0.39 is 0 Å². The standard InChI is InChI=1S/C12H9BrN4/c1-17-5-11(16-7-17)12-9-4-8(13)2-3-10(9)14-6-15-12/h2-7H,1H3. The van der Waals surface area contributed by atoms with Crippen molar-refractivity contribution in [3.63, 3.8) is 0 Å². The maximum Gasteiger partial charge on any atom is 0.116 e. The Bertz CT molecular complexity index is 690. The van der Waals surface area contributed by atoms with Gasteiger partial charge in [-0.25, -0.2) is 15.0 Å². The molecule has 3 aromatic rings. The number of halogens is 1. The summed E-state index contributed by atoms with van der Waals surface area (Å²) < 4.78 is 2.92. The largest absolute Gasteiger partial charge is 0.340 e. The van der Waals surface area contributed by atoms with Crippen molar-refractivity contribution in [1.29, 1.82) is 0 Å². The molecule has 2 heterocycles. The highest BCUT2D eigenvalue weighted by Crippen LogP contribution is 2.26. The lowest BCUT2D eigenvalue weighted by Gasteiger charge is -2.02. The minimum atomic E-state index is 0.858. The van der Waals surface area contributed by atoms with Crippen LogP contribution in [0.3, 0.4) is 0 Å². The number of benzene rings is 1. The van der Waals surface area contributed by atoms with E-state index in [1.807, 2.05) is 36.0 Å². The van der Waals surface area contributed by atoms with Crippen LogP contribution in [0.1, 0.15) is 0 Å². The maximum absolute atomic E-state index is 4.32. The summed E-state index contributed by atoms with van der Waals surface area (Å²) in [5.74, 6) is 0. The highest BCUT2D eigenvalue weighted by Gasteiger charge is 2.08. The van der Waals surface area contributed by atoms with Gasteiger partial charge in [0.05, 0.1) is 11.8 Å². The summed E-state index contributed by atoms with van der Waals surface area (Å²) in [7, 11) is 1.94. The number of aromatic nitrogens is 4. The van der Waals surface area contributed by atoms with Crippen molar-refractivity contribution in [2.75, 3.05) is 0 Å². The number of aryl methyl sites for hydroxylation is 1. The Morgan fingerprint density at radius 3 is 2.82 bits per heavy atom. The van der Waals surface area contributed by atoms with Crippen molar-refractivity contribution in [2.24, 2.45) is 7.05 Å². The fourth-order valence-electron chi connectivity index (χ4n) is 1.77. The molecule has 0 saturated heterocycles. The second kappa shape index (κ2) is 3.92. The first-order valence-electron chi connectivity index (χ1n) is 5.12. The van der Waals surface area contributed by atoms with Gasteiger partial charge < -0.3 is 4.57 Å². The van der Waals surface area contributed by atoms with E-state index in [9.17, 15) is 0 Å². The molecule has 0 fully saturated rings. The van der Waals surface area contributed by atoms with E-state index in [0.717, 1.165) is 26.8 Å². The van der Waals surface area contributed by atoms with Gasteiger partial charge in [-0.1, -0.05) is 15.9 Å². The molecule has 84 valence electrons. The van der Waals surface area contributed by atoms with Gasteiger partial charge >= 0.3 is 0 Å². The van der Waals surface area contributed by atoms with Crippen LogP contribution >= 0.6 is 15.9 Å². The molecular formula is C12H9BrN4. The van der Waals surface area contributed by atoms with E-state index in [1.54, 1.807) is 12.7 Å². The number of nitrogens with zero attached hydrogens (tertiary/aromatic N) is 4. The average molecular weight is 289 g/mol. The zero-order chi connectivity index (χ0) is 11.8. The Morgan fingerprint density at radius 2 is 2.06 bits per heavy atom. The van der Waals surface area contributed by atoms with Crippen LogP contribution in [0.2, 0.25) is 0 Å². The lowest BCUT2D eigenvalue weighted by atomic mass is 10.1. The predicted molar refractivity (Wildman–Crippen MR) is 69.4 cm³/mol. The quantitative estimate of drug-likeness (QED) is 0.692. The van der Waals surface area contributed by atoms with Crippen molar-refractivity contribution < 1.29 is 0 Å². The van der Waals surface area contributed by atoms with Gasteiger partial charge in [0.25, 0.3) is 0 Å². The molecule has 0 unspecified atom stereocenters. The van der Waals surface area contributed by atoms with Crippen molar-refractivity contribution in [3.05, 3.63) is 41.5 Å². The summed E-state index contributed by atoms with van der Waals surface area (Å²) in [5.41, 5.74) is 2.64. The third kappa shape index (κ3) is 1.82. The number of hydrogen-bond acceptors (Lipinski definition) is 3. The summed E-state index contributed by atoms with van der Waals surface area (Å²) in [6, 6.07) is 5.95. The summed E-state index contributed by atoms with van der Waals surface area (Å²) >= 11 is 3.46. The van der Waals surface area contributed by atoms with Crippen LogP contribution in [0, 0.1) is 0 Å². The lowest BCUT2D eigenvalue weighted by Crippen LogP contribution is -1.89. The Labute approximate surface area is 106 Å². The van der Waals surface area contributed by atoms with E-state index in [-0.39, 0.29) is 0 Å². The Kier molecular flexibility index (Phi) is 2.40. The Hall–Kier alpha value is -1.75. The summed E-state index contributed by atoms with van der Waals surface area (Å²) in [6.07, 6.45) is 5.28. The second-order valence-corrected chi connectivity index (χ2v) is 4.72. The monoisotopic (exact) mass is 288 g/mol. The van der Waals surface area contributed by atoms with Crippen LogP contribution in [-0.2, 0) is 7.05 Å². The highest BCUT2D eigenvalue weighted by atomic mass is 79.9. The summed E-state index contributed by atoms with van der Waals surface area (Å²) in [4.78, 5) is 12.9. The first-order valence-corrected chi connectivity index (χ1v) is 5.92. The number of rotatable bonds is 1. The van der Waals surface area contributed by atoms with Crippen LogP contribution < -0.4 is 0 Å². The minimum absolute atomic E-state index is 0.858. The van der Waals surface area contributed by atoms with Crippen molar-refractivity contribution >= 4 is 26.8 Å². The number of hydrogen-bond donors (Lipinski definition) is 0. The second-order valence-electron chi connectivity index (χ2n) is 3.81. The SMILES string of the molecule is Cn1cnc(-c2ncnc3ccc(Br)cc23)c1. The fraction of sp³-hybridized carbons (Fsp3) is 0.0833. The van der Waals surface area contributed by atoms with Crippen LogP contribution in [0.4, 0.5) is 0 Å².